The second-order valence-corrected chi connectivity index (χ2v) is 6.52. The maximum Gasteiger partial charge on any atom is 0.0798 e. The van der Waals surface area contributed by atoms with E-state index in [-0.39, 0.29) is 0 Å². The Kier molecular flexibility index (Phi) is 3.95. The van der Waals surface area contributed by atoms with E-state index in [0.29, 0.717) is 0 Å². The molecule has 2 aliphatic heterocycles. The minimum absolute atomic E-state index is 0.731. The van der Waals surface area contributed by atoms with E-state index < -0.39 is 0 Å². The molecule has 2 aromatic rings. The van der Waals surface area contributed by atoms with Crippen molar-refractivity contribution in [2.24, 2.45) is 0 Å². The van der Waals surface area contributed by atoms with Crippen molar-refractivity contribution < 1.29 is 0 Å². The van der Waals surface area contributed by atoms with Crippen LogP contribution in [0, 0.1) is 0 Å². The highest BCUT2D eigenvalue weighted by Gasteiger charge is 2.23. The first-order valence-corrected chi connectivity index (χ1v) is 8.43. The van der Waals surface area contributed by atoms with Crippen LogP contribution in [-0.4, -0.2) is 34.7 Å². The maximum atomic E-state index is 4.56. The van der Waals surface area contributed by atoms with Crippen molar-refractivity contribution in [2.75, 3.05) is 19.6 Å². The molecule has 4 rings (SSSR count). The first-order valence-electron chi connectivity index (χ1n) is 8.43. The van der Waals surface area contributed by atoms with Gasteiger partial charge in [-0.15, -0.1) is 0 Å². The number of piperidine rings is 1. The molecular weight excluding hydrogens is 272 g/mol. The van der Waals surface area contributed by atoms with Crippen LogP contribution < -0.4 is 5.32 Å². The Hall–Kier alpha value is -1.65. The Morgan fingerprint density at radius 3 is 2.77 bits per heavy atom. The van der Waals surface area contributed by atoms with Gasteiger partial charge in [-0.1, -0.05) is 30.3 Å². The molecule has 4 nitrogen and oxygen atoms in total. The average molecular weight is 296 g/mol. The number of H-pyrrole nitrogens is 1. The zero-order valence-electron chi connectivity index (χ0n) is 13.0. The molecule has 4 heteroatoms. The summed E-state index contributed by atoms with van der Waals surface area (Å²) in [4.78, 5) is 2.57. The zero-order chi connectivity index (χ0) is 14.8. The van der Waals surface area contributed by atoms with E-state index in [1.54, 1.807) is 0 Å². The highest BCUT2D eigenvalue weighted by Crippen LogP contribution is 2.28. The first-order chi connectivity index (χ1) is 10.9. The number of aromatic nitrogens is 2. The molecule has 0 radical (unpaired) electrons. The van der Waals surface area contributed by atoms with Gasteiger partial charge in [0.25, 0.3) is 0 Å². The predicted octanol–water partition coefficient (Wildman–Crippen LogP) is 2.44. The third-order valence-electron chi connectivity index (χ3n) is 5.12. The maximum absolute atomic E-state index is 4.56. The Morgan fingerprint density at radius 1 is 1.14 bits per heavy atom. The van der Waals surface area contributed by atoms with Crippen molar-refractivity contribution in [3.05, 3.63) is 52.8 Å². The van der Waals surface area contributed by atoms with Crippen LogP contribution in [-0.2, 0) is 19.5 Å². The van der Waals surface area contributed by atoms with E-state index in [1.807, 2.05) is 0 Å². The third-order valence-corrected chi connectivity index (χ3v) is 5.12. The number of hydrogen-bond acceptors (Lipinski definition) is 3. The molecule has 0 saturated carbocycles. The van der Waals surface area contributed by atoms with Crippen molar-refractivity contribution in [2.45, 2.75) is 38.3 Å². The summed E-state index contributed by atoms with van der Waals surface area (Å²) in [6.07, 6.45) is 3.64. The number of rotatable bonds is 3. The molecule has 0 spiro atoms. The number of nitrogens with one attached hydrogen (secondary N) is 2. The molecule has 1 aromatic carbocycles. The van der Waals surface area contributed by atoms with E-state index in [0.717, 1.165) is 32.0 Å². The number of fused-ring (bicyclic) bond motifs is 1. The summed E-state index contributed by atoms with van der Waals surface area (Å²) >= 11 is 0. The van der Waals surface area contributed by atoms with Gasteiger partial charge in [-0.05, 0) is 50.4 Å². The predicted molar refractivity (Wildman–Crippen MR) is 87.7 cm³/mol. The van der Waals surface area contributed by atoms with Gasteiger partial charge >= 0.3 is 0 Å². The van der Waals surface area contributed by atoms with Gasteiger partial charge in [-0.3, -0.25) is 10.00 Å². The van der Waals surface area contributed by atoms with Crippen molar-refractivity contribution in [1.29, 1.82) is 0 Å². The molecule has 0 bridgehead atoms. The average Bonchev–Trinajstić information content (AvgIpc) is 3.00. The molecule has 0 atom stereocenters. The lowest BCUT2D eigenvalue weighted by Crippen LogP contribution is -2.33. The summed E-state index contributed by atoms with van der Waals surface area (Å²) in [7, 11) is 0. The minimum Gasteiger partial charge on any atom is -0.311 e. The Balaban J connectivity index is 1.37. The molecule has 1 saturated heterocycles. The Labute approximate surface area is 131 Å². The monoisotopic (exact) mass is 296 g/mol. The van der Waals surface area contributed by atoms with Gasteiger partial charge in [0.05, 0.1) is 11.4 Å². The summed E-state index contributed by atoms with van der Waals surface area (Å²) < 4.78 is 0. The van der Waals surface area contributed by atoms with Gasteiger partial charge in [0, 0.05) is 18.7 Å². The normalized spacial score (nSPS) is 20.0. The van der Waals surface area contributed by atoms with Gasteiger partial charge < -0.3 is 5.32 Å². The minimum atomic E-state index is 0.731. The van der Waals surface area contributed by atoms with Gasteiger partial charge in [0.15, 0.2) is 0 Å². The fourth-order valence-corrected chi connectivity index (χ4v) is 3.80. The fraction of sp³-hybridized carbons (Fsp3) is 0.500. The van der Waals surface area contributed by atoms with Gasteiger partial charge in [0.1, 0.15) is 0 Å². The lowest BCUT2D eigenvalue weighted by atomic mass is 9.89. The standard InChI is InChI=1S/C18H24N4/c1-2-4-14(5-3-1)15-7-10-22(11-8-15)13-18-16-6-9-19-12-17(16)20-21-18/h1-5,15,19H,6-13H2,(H,20,21). The van der Waals surface area contributed by atoms with E-state index in [9.17, 15) is 0 Å². The first kappa shape index (κ1) is 14.0. The highest BCUT2D eigenvalue weighted by atomic mass is 15.2. The van der Waals surface area contributed by atoms with E-state index in [1.165, 1.54) is 48.4 Å². The molecule has 116 valence electrons. The molecule has 0 aliphatic carbocycles. The highest BCUT2D eigenvalue weighted by molar-refractivity contribution is 5.27. The molecule has 2 N–H and O–H groups in total. The lowest BCUT2D eigenvalue weighted by molar-refractivity contribution is 0.202. The topological polar surface area (TPSA) is 44.0 Å². The third kappa shape index (κ3) is 2.81. The largest absolute Gasteiger partial charge is 0.311 e. The van der Waals surface area contributed by atoms with Crippen molar-refractivity contribution >= 4 is 0 Å². The van der Waals surface area contributed by atoms with Crippen molar-refractivity contribution in [1.82, 2.24) is 20.4 Å². The molecule has 3 heterocycles. The van der Waals surface area contributed by atoms with Gasteiger partial charge in [0.2, 0.25) is 0 Å². The number of likely N-dealkylation sites (tertiary alicyclic amines) is 1. The second kappa shape index (κ2) is 6.23. The van der Waals surface area contributed by atoms with Crippen LogP contribution in [0.25, 0.3) is 0 Å². The molecule has 22 heavy (non-hydrogen) atoms. The van der Waals surface area contributed by atoms with Crippen LogP contribution >= 0.6 is 0 Å². The van der Waals surface area contributed by atoms with Crippen LogP contribution in [0.4, 0.5) is 0 Å². The van der Waals surface area contributed by atoms with E-state index in [2.05, 4.69) is 50.7 Å². The van der Waals surface area contributed by atoms with Crippen LogP contribution in [0.2, 0.25) is 0 Å². The number of hydrogen-bond donors (Lipinski definition) is 2. The molecule has 0 amide bonds. The van der Waals surface area contributed by atoms with Crippen LogP contribution in [0.3, 0.4) is 0 Å². The van der Waals surface area contributed by atoms with Gasteiger partial charge in [-0.25, -0.2) is 0 Å². The quantitative estimate of drug-likeness (QED) is 0.914. The van der Waals surface area contributed by atoms with Crippen LogP contribution in [0.15, 0.2) is 30.3 Å². The van der Waals surface area contributed by atoms with Crippen LogP contribution in [0.5, 0.6) is 0 Å². The Morgan fingerprint density at radius 2 is 1.95 bits per heavy atom. The number of nitrogens with zero attached hydrogens (tertiary/aromatic N) is 2. The number of benzene rings is 1. The van der Waals surface area contributed by atoms with Gasteiger partial charge in [-0.2, -0.15) is 5.10 Å². The molecule has 2 aliphatic rings. The zero-order valence-corrected chi connectivity index (χ0v) is 13.0. The Bertz CT molecular complexity index is 611. The molecular formula is C18H24N4. The van der Waals surface area contributed by atoms with Crippen molar-refractivity contribution in [3.8, 4) is 0 Å². The second-order valence-electron chi connectivity index (χ2n) is 6.52. The molecule has 1 fully saturated rings. The fourth-order valence-electron chi connectivity index (χ4n) is 3.80. The molecule has 1 aromatic heterocycles. The van der Waals surface area contributed by atoms with E-state index >= 15 is 0 Å². The van der Waals surface area contributed by atoms with E-state index in [4.69, 9.17) is 0 Å². The summed E-state index contributed by atoms with van der Waals surface area (Å²) in [5.41, 5.74) is 5.53. The van der Waals surface area contributed by atoms with Crippen LogP contribution in [0.1, 0.15) is 41.3 Å². The lowest BCUT2D eigenvalue weighted by Gasteiger charge is -2.32. The van der Waals surface area contributed by atoms with Crippen molar-refractivity contribution in [3.63, 3.8) is 0 Å². The summed E-state index contributed by atoms with van der Waals surface area (Å²) in [6, 6.07) is 11.0. The summed E-state index contributed by atoms with van der Waals surface area (Å²) in [5, 5.41) is 11.2. The summed E-state index contributed by atoms with van der Waals surface area (Å²) in [6.45, 7) is 5.39. The smallest absolute Gasteiger partial charge is 0.0798 e. The SMILES string of the molecule is c1ccc(C2CCN(Cc3n[nH]c4c3CCNC4)CC2)cc1. The number of aromatic amines is 1. The molecule has 0 unspecified atom stereocenters. The summed E-state index contributed by atoms with van der Waals surface area (Å²) in [5.74, 6) is 0.731.